The minimum absolute atomic E-state index is 0.116. The first-order chi connectivity index (χ1) is 17.0. The molecule has 2 aromatic carbocycles. The Morgan fingerprint density at radius 1 is 0.943 bits per heavy atom. The monoisotopic (exact) mass is 482 g/mol. The number of rotatable bonds is 4. The van der Waals surface area contributed by atoms with Crippen molar-refractivity contribution in [2.75, 3.05) is 16.3 Å². The van der Waals surface area contributed by atoms with E-state index in [2.05, 4.69) is 22.3 Å². The van der Waals surface area contributed by atoms with E-state index in [9.17, 15) is 18.4 Å². The van der Waals surface area contributed by atoms with Gasteiger partial charge in [-0.25, -0.2) is 18.4 Å². The lowest BCUT2D eigenvalue weighted by atomic mass is 9.94. The van der Waals surface area contributed by atoms with Crippen molar-refractivity contribution in [1.82, 2.24) is 19.8 Å². The van der Waals surface area contributed by atoms with Gasteiger partial charge in [-0.1, -0.05) is 25.3 Å². The SMILES string of the molecule is C[C@@H]1CCCN1c1ccc(N(C(=O)n2nnn(-c3c(F)cccc3F)c2=O)C2CCCCC2)cc1. The van der Waals surface area contributed by atoms with Crippen molar-refractivity contribution < 1.29 is 13.6 Å². The van der Waals surface area contributed by atoms with Crippen LogP contribution in [0.3, 0.4) is 0 Å². The molecule has 0 spiro atoms. The molecule has 0 unspecified atom stereocenters. The van der Waals surface area contributed by atoms with Crippen LogP contribution in [0, 0.1) is 11.6 Å². The topological polar surface area (TPSA) is 76.3 Å². The molecule has 2 heterocycles. The number of hydrogen-bond donors (Lipinski definition) is 0. The van der Waals surface area contributed by atoms with Crippen molar-refractivity contribution in [3.63, 3.8) is 0 Å². The van der Waals surface area contributed by atoms with E-state index in [1.165, 1.54) is 6.07 Å². The van der Waals surface area contributed by atoms with Crippen LogP contribution in [0.1, 0.15) is 51.9 Å². The van der Waals surface area contributed by atoms with Crippen molar-refractivity contribution in [1.29, 1.82) is 0 Å². The van der Waals surface area contributed by atoms with E-state index in [-0.39, 0.29) is 6.04 Å². The minimum Gasteiger partial charge on any atom is -0.369 e. The van der Waals surface area contributed by atoms with Gasteiger partial charge in [0.25, 0.3) is 0 Å². The molecule has 1 atom stereocenters. The summed E-state index contributed by atoms with van der Waals surface area (Å²) in [6.07, 6.45) is 6.92. The number of benzene rings is 2. The molecule has 3 aromatic rings. The summed E-state index contributed by atoms with van der Waals surface area (Å²) in [7, 11) is 0. The van der Waals surface area contributed by atoms with Crippen molar-refractivity contribution in [3.05, 3.63) is 64.6 Å². The Hall–Kier alpha value is -3.56. The zero-order valence-electron chi connectivity index (χ0n) is 19.6. The molecule has 1 amide bonds. The quantitative estimate of drug-likeness (QED) is 0.512. The molecule has 35 heavy (non-hydrogen) atoms. The number of amides is 1. The Bertz CT molecular complexity index is 1250. The molecule has 0 radical (unpaired) electrons. The van der Waals surface area contributed by atoms with Gasteiger partial charge in [-0.05, 0) is 79.4 Å². The zero-order chi connectivity index (χ0) is 24.5. The number of aromatic nitrogens is 4. The molecule has 1 aliphatic carbocycles. The molecular formula is C25H28F2N6O2. The van der Waals surface area contributed by atoms with Crippen LogP contribution in [-0.2, 0) is 0 Å². The second-order valence-corrected chi connectivity index (χ2v) is 9.30. The number of carbonyl (C=O) groups is 1. The molecule has 184 valence electrons. The van der Waals surface area contributed by atoms with E-state index in [0.29, 0.717) is 21.1 Å². The highest BCUT2D eigenvalue weighted by atomic mass is 19.1. The van der Waals surface area contributed by atoms with Gasteiger partial charge in [0, 0.05) is 30.0 Å². The lowest BCUT2D eigenvalue weighted by Gasteiger charge is -2.34. The van der Waals surface area contributed by atoms with Crippen LogP contribution in [0.4, 0.5) is 25.0 Å². The van der Waals surface area contributed by atoms with Gasteiger partial charge in [0.2, 0.25) is 0 Å². The molecular weight excluding hydrogens is 454 g/mol. The summed E-state index contributed by atoms with van der Waals surface area (Å²) < 4.78 is 29.6. The highest BCUT2D eigenvalue weighted by Crippen LogP contribution is 2.31. The summed E-state index contributed by atoms with van der Waals surface area (Å²) in [6.45, 7) is 3.20. The number of anilines is 2. The molecule has 10 heteroatoms. The number of carbonyl (C=O) groups excluding carboxylic acids is 1. The largest absolute Gasteiger partial charge is 0.377 e. The van der Waals surface area contributed by atoms with Gasteiger partial charge >= 0.3 is 11.7 Å². The zero-order valence-corrected chi connectivity index (χ0v) is 19.6. The van der Waals surface area contributed by atoms with Crippen LogP contribution in [0.5, 0.6) is 0 Å². The third-order valence-corrected chi connectivity index (χ3v) is 7.07. The van der Waals surface area contributed by atoms with Crippen LogP contribution in [-0.4, -0.2) is 44.4 Å². The highest BCUT2D eigenvalue weighted by Gasteiger charge is 2.31. The Morgan fingerprint density at radius 2 is 1.63 bits per heavy atom. The predicted octanol–water partition coefficient (Wildman–Crippen LogP) is 4.50. The highest BCUT2D eigenvalue weighted by molar-refractivity contribution is 5.93. The minimum atomic E-state index is -1.03. The van der Waals surface area contributed by atoms with Crippen molar-refractivity contribution in [3.8, 4) is 5.69 Å². The summed E-state index contributed by atoms with van der Waals surface area (Å²) in [5.41, 5.74) is 0.0520. The first-order valence-electron chi connectivity index (χ1n) is 12.2. The fraction of sp³-hybridized carbons (Fsp3) is 0.440. The van der Waals surface area contributed by atoms with Crippen molar-refractivity contribution in [2.45, 2.75) is 64.0 Å². The molecule has 1 aromatic heterocycles. The van der Waals surface area contributed by atoms with Gasteiger partial charge in [-0.2, -0.15) is 4.68 Å². The average molecular weight is 483 g/mol. The van der Waals surface area contributed by atoms with E-state index >= 15 is 0 Å². The summed E-state index contributed by atoms with van der Waals surface area (Å²) in [4.78, 5) is 30.6. The second-order valence-electron chi connectivity index (χ2n) is 9.30. The molecule has 2 fully saturated rings. The lowest BCUT2D eigenvalue weighted by molar-refractivity contribution is 0.238. The number of nitrogens with zero attached hydrogens (tertiary/aromatic N) is 6. The maximum Gasteiger partial charge on any atom is 0.377 e. The number of halogens is 2. The van der Waals surface area contributed by atoms with Crippen molar-refractivity contribution >= 4 is 17.4 Å². The van der Waals surface area contributed by atoms with Gasteiger partial charge < -0.3 is 4.90 Å². The fourth-order valence-electron chi connectivity index (χ4n) is 5.24. The third kappa shape index (κ3) is 4.33. The Balaban J connectivity index is 1.50. The van der Waals surface area contributed by atoms with E-state index in [4.69, 9.17) is 0 Å². The lowest BCUT2D eigenvalue weighted by Crippen LogP contribution is -2.47. The fourth-order valence-corrected chi connectivity index (χ4v) is 5.24. The van der Waals surface area contributed by atoms with Gasteiger partial charge in [0.1, 0.15) is 5.69 Å². The number of hydrogen-bond acceptors (Lipinski definition) is 5. The molecule has 1 saturated heterocycles. The van der Waals surface area contributed by atoms with Gasteiger partial charge in [0.15, 0.2) is 11.6 Å². The number of para-hydroxylation sites is 1. The molecule has 8 nitrogen and oxygen atoms in total. The van der Waals surface area contributed by atoms with E-state index < -0.39 is 29.0 Å². The number of tetrazole rings is 1. The predicted molar refractivity (Wildman–Crippen MR) is 128 cm³/mol. The Labute approximate surface area is 201 Å². The average Bonchev–Trinajstić information content (AvgIpc) is 3.46. The summed E-state index contributed by atoms with van der Waals surface area (Å²) in [5, 5.41) is 7.30. The Kier molecular flexibility index (Phi) is 6.36. The molecule has 2 aliphatic rings. The van der Waals surface area contributed by atoms with Crippen LogP contribution in [0.15, 0.2) is 47.3 Å². The van der Waals surface area contributed by atoms with Gasteiger partial charge in [-0.15, -0.1) is 4.68 Å². The van der Waals surface area contributed by atoms with Gasteiger partial charge in [-0.3, -0.25) is 4.90 Å². The first kappa shape index (κ1) is 23.2. The molecule has 5 rings (SSSR count). The summed E-state index contributed by atoms with van der Waals surface area (Å²) in [6, 6.07) is 10.6. The van der Waals surface area contributed by atoms with Crippen LogP contribution >= 0.6 is 0 Å². The van der Waals surface area contributed by atoms with Crippen LogP contribution in [0.2, 0.25) is 0 Å². The Morgan fingerprint density at radius 3 is 2.26 bits per heavy atom. The third-order valence-electron chi connectivity index (χ3n) is 7.07. The van der Waals surface area contributed by atoms with E-state index in [1.54, 1.807) is 4.90 Å². The first-order valence-corrected chi connectivity index (χ1v) is 12.2. The molecule has 0 N–H and O–H groups in total. The van der Waals surface area contributed by atoms with Gasteiger partial charge in [0.05, 0.1) is 0 Å². The smallest absolute Gasteiger partial charge is 0.369 e. The maximum atomic E-state index is 14.3. The standard InChI is InChI=1S/C25H28F2N6O2/c1-17-7-6-16-30(17)18-12-14-20(15-13-18)31(19-8-3-2-4-9-19)24(34)33-25(35)32(28-29-33)23-21(26)10-5-11-22(23)27/h5,10-15,17,19H,2-4,6-9,16H2,1H3/t17-/m1/s1. The van der Waals surface area contributed by atoms with Crippen molar-refractivity contribution in [2.24, 2.45) is 0 Å². The maximum absolute atomic E-state index is 14.3. The summed E-state index contributed by atoms with van der Waals surface area (Å²) in [5.74, 6) is -1.94. The van der Waals surface area contributed by atoms with Crippen LogP contribution in [0.25, 0.3) is 5.69 Å². The summed E-state index contributed by atoms with van der Waals surface area (Å²) >= 11 is 0. The second kappa shape index (κ2) is 9.59. The molecule has 1 saturated carbocycles. The van der Waals surface area contributed by atoms with E-state index in [0.717, 1.165) is 69.3 Å². The molecule has 0 bridgehead atoms. The van der Waals surface area contributed by atoms with Crippen LogP contribution < -0.4 is 15.5 Å². The normalized spacial score (nSPS) is 18.7. The van der Waals surface area contributed by atoms with E-state index in [1.807, 2.05) is 24.3 Å². The molecule has 1 aliphatic heterocycles.